The number of rotatable bonds is 5. The Morgan fingerprint density at radius 2 is 2.24 bits per heavy atom. The second kappa shape index (κ2) is 7.27. The number of halogens is 2. The van der Waals surface area contributed by atoms with Crippen LogP contribution >= 0.6 is 24.0 Å². The zero-order valence-electron chi connectivity index (χ0n) is 9.21. The monoisotopic (exact) mass is 272 g/mol. The van der Waals surface area contributed by atoms with Crippen LogP contribution in [0.3, 0.4) is 0 Å². The van der Waals surface area contributed by atoms with E-state index in [1.807, 2.05) is 22.9 Å². The van der Waals surface area contributed by atoms with Crippen LogP contribution in [0.2, 0.25) is 5.15 Å². The van der Waals surface area contributed by atoms with Gasteiger partial charge >= 0.3 is 0 Å². The number of hydrogen-bond acceptors (Lipinski definition) is 3. The van der Waals surface area contributed by atoms with Gasteiger partial charge in [0.15, 0.2) is 0 Å². The predicted molar refractivity (Wildman–Crippen MR) is 70.4 cm³/mol. The lowest BCUT2D eigenvalue weighted by atomic mass is 10.3. The molecule has 6 heteroatoms. The average Bonchev–Trinajstić information content (AvgIpc) is 2.79. The van der Waals surface area contributed by atoms with E-state index in [1.165, 1.54) is 0 Å². The third-order valence-corrected chi connectivity index (χ3v) is 2.60. The number of pyridine rings is 1. The summed E-state index contributed by atoms with van der Waals surface area (Å²) in [6, 6.07) is 3.86. The highest BCUT2D eigenvalue weighted by Crippen LogP contribution is 2.10. The summed E-state index contributed by atoms with van der Waals surface area (Å²) in [5.74, 6) is 0. The van der Waals surface area contributed by atoms with Gasteiger partial charge in [-0.1, -0.05) is 17.7 Å². The molecule has 0 spiro atoms. The zero-order valence-corrected chi connectivity index (χ0v) is 10.8. The quantitative estimate of drug-likeness (QED) is 0.670. The third-order valence-electron chi connectivity index (χ3n) is 2.26. The van der Waals surface area contributed by atoms with Crippen LogP contribution in [0, 0.1) is 0 Å². The molecule has 2 aromatic rings. The van der Waals surface area contributed by atoms with Crippen molar-refractivity contribution in [1.29, 1.82) is 0 Å². The molecule has 92 valence electrons. The molecule has 0 aliphatic rings. The van der Waals surface area contributed by atoms with E-state index in [0.29, 0.717) is 5.15 Å². The number of nitrogens with one attached hydrogen (secondary N) is 1. The first-order valence-corrected chi connectivity index (χ1v) is 5.50. The normalized spacial score (nSPS) is 9.94. The van der Waals surface area contributed by atoms with Crippen molar-refractivity contribution >= 4 is 24.0 Å². The molecule has 2 aromatic heterocycles. The molecule has 0 bridgehead atoms. The Balaban J connectivity index is 0.00000144. The molecule has 17 heavy (non-hydrogen) atoms. The van der Waals surface area contributed by atoms with E-state index < -0.39 is 0 Å². The molecular formula is C11H14Cl2N4. The molecule has 2 rings (SSSR count). The standard InChI is InChI=1S/C11H13ClN4.ClH/c12-11-10(2-1-3-15-11)8-13-4-6-16-7-5-14-9-16;/h1-3,5,7,9,13H,4,6,8H2;1H. The van der Waals surface area contributed by atoms with E-state index in [0.717, 1.165) is 25.2 Å². The number of nitrogens with zero attached hydrogens (tertiary/aromatic N) is 3. The van der Waals surface area contributed by atoms with E-state index in [4.69, 9.17) is 11.6 Å². The van der Waals surface area contributed by atoms with Crippen LogP contribution in [-0.2, 0) is 13.1 Å². The average molecular weight is 273 g/mol. The van der Waals surface area contributed by atoms with E-state index in [9.17, 15) is 0 Å². The first-order chi connectivity index (χ1) is 7.86. The van der Waals surface area contributed by atoms with Crippen LogP contribution < -0.4 is 5.32 Å². The van der Waals surface area contributed by atoms with Crippen molar-refractivity contribution in [2.24, 2.45) is 0 Å². The Kier molecular flexibility index (Phi) is 5.97. The Morgan fingerprint density at radius 3 is 2.94 bits per heavy atom. The fourth-order valence-corrected chi connectivity index (χ4v) is 1.59. The number of hydrogen-bond donors (Lipinski definition) is 1. The van der Waals surface area contributed by atoms with Gasteiger partial charge in [-0.2, -0.15) is 0 Å². The van der Waals surface area contributed by atoms with Crippen LogP contribution in [-0.4, -0.2) is 21.1 Å². The second-order valence-corrected chi connectivity index (χ2v) is 3.79. The van der Waals surface area contributed by atoms with Gasteiger partial charge in [0.25, 0.3) is 0 Å². The van der Waals surface area contributed by atoms with Crippen molar-refractivity contribution in [3.05, 3.63) is 47.8 Å². The summed E-state index contributed by atoms with van der Waals surface area (Å²) < 4.78 is 2.03. The van der Waals surface area contributed by atoms with E-state index in [1.54, 1.807) is 18.7 Å². The molecule has 0 aromatic carbocycles. The summed E-state index contributed by atoms with van der Waals surface area (Å²) in [4.78, 5) is 8.00. The molecular weight excluding hydrogens is 259 g/mol. The van der Waals surface area contributed by atoms with Crippen LogP contribution in [0.1, 0.15) is 5.56 Å². The molecule has 0 aliphatic heterocycles. The maximum atomic E-state index is 5.94. The van der Waals surface area contributed by atoms with Gasteiger partial charge in [-0.15, -0.1) is 12.4 Å². The minimum absolute atomic E-state index is 0. The third kappa shape index (κ3) is 4.34. The van der Waals surface area contributed by atoms with E-state index in [-0.39, 0.29) is 12.4 Å². The molecule has 0 aliphatic carbocycles. The van der Waals surface area contributed by atoms with Gasteiger partial charge in [0, 0.05) is 43.8 Å². The Hall–Kier alpha value is -1.10. The SMILES string of the molecule is Cl.Clc1ncccc1CNCCn1ccnc1. The number of imidazole rings is 1. The van der Waals surface area contributed by atoms with Crippen molar-refractivity contribution in [2.75, 3.05) is 6.54 Å². The summed E-state index contributed by atoms with van der Waals surface area (Å²) in [6.45, 7) is 2.51. The Morgan fingerprint density at radius 1 is 1.35 bits per heavy atom. The summed E-state index contributed by atoms with van der Waals surface area (Å²) >= 11 is 5.94. The maximum absolute atomic E-state index is 5.94. The van der Waals surface area contributed by atoms with Gasteiger partial charge in [-0.25, -0.2) is 9.97 Å². The molecule has 0 radical (unpaired) electrons. The maximum Gasteiger partial charge on any atom is 0.133 e. The van der Waals surface area contributed by atoms with Crippen LogP contribution in [0.25, 0.3) is 0 Å². The van der Waals surface area contributed by atoms with Gasteiger partial charge in [-0.3, -0.25) is 0 Å². The largest absolute Gasteiger partial charge is 0.336 e. The van der Waals surface area contributed by atoms with E-state index >= 15 is 0 Å². The molecule has 0 unspecified atom stereocenters. The van der Waals surface area contributed by atoms with Crippen LogP contribution in [0.5, 0.6) is 0 Å². The van der Waals surface area contributed by atoms with Gasteiger partial charge in [0.2, 0.25) is 0 Å². The Labute approximate surface area is 111 Å². The highest BCUT2D eigenvalue weighted by Gasteiger charge is 1.98. The highest BCUT2D eigenvalue weighted by molar-refractivity contribution is 6.30. The minimum atomic E-state index is 0. The summed E-state index contributed by atoms with van der Waals surface area (Å²) in [5.41, 5.74) is 1.02. The highest BCUT2D eigenvalue weighted by atomic mass is 35.5. The molecule has 0 atom stereocenters. The molecule has 2 heterocycles. The first kappa shape index (κ1) is 14.0. The van der Waals surface area contributed by atoms with Crippen molar-refractivity contribution in [2.45, 2.75) is 13.1 Å². The lowest BCUT2D eigenvalue weighted by Crippen LogP contribution is -2.19. The first-order valence-electron chi connectivity index (χ1n) is 5.12. The molecule has 0 fully saturated rings. The van der Waals surface area contributed by atoms with Gasteiger partial charge in [0.1, 0.15) is 5.15 Å². The van der Waals surface area contributed by atoms with Gasteiger partial charge < -0.3 is 9.88 Å². The molecule has 1 N–H and O–H groups in total. The van der Waals surface area contributed by atoms with E-state index in [2.05, 4.69) is 15.3 Å². The van der Waals surface area contributed by atoms with Crippen LogP contribution in [0.15, 0.2) is 37.1 Å². The van der Waals surface area contributed by atoms with Gasteiger partial charge in [-0.05, 0) is 6.07 Å². The van der Waals surface area contributed by atoms with Crippen LogP contribution in [0.4, 0.5) is 0 Å². The van der Waals surface area contributed by atoms with Gasteiger partial charge in [0.05, 0.1) is 6.33 Å². The Bertz CT molecular complexity index is 431. The van der Waals surface area contributed by atoms with Crippen molar-refractivity contribution in [3.63, 3.8) is 0 Å². The minimum Gasteiger partial charge on any atom is -0.336 e. The molecule has 0 saturated heterocycles. The molecule has 4 nitrogen and oxygen atoms in total. The lowest BCUT2D eigenvalue weighted by Gasteiger charge is -2.06. The fraction of sp³-hybridized carbons (Fsp3) is 0.273. The zero-order chi connectivity index (χ0) is 11.2. The second-order valence-electron chi connectivity index (χ2n) is 3.43. The summed E-state index contributed by atoms with van der Waals surface area (Å²) in [7, 11) is 0. The fourth-order valence-electron chi connectivity index (χ4n) is 1.40. The molecule has 0 saturated carbocycles. The molecule has 0 amide bonds. The summed E-state index contributed by atoms with van der Waals surface area (Å²) in [5, 5.41) is 3.87. The predicted octanol–water partition coefficient (Wildman–Crippen LogP) is 2.14. The topological polar surface area (TPSA) is 42.7 Å². The smallest absolute Gasteiger partial charge is 0.133 e. The van der Waals surface area contributed by atoms with Crippen molar-refractivity contribution < 1.29 is 0 Å². The number of aromatic nitrogens is 3. The van der Waals surface area contributed by atoms with Crippen molar-refractivity contribution in [3.8, 4) is 0 Å². The lowest BCUT2D eigenvalue weighted by molar-refractivity contribution is 0.597. The summed E-state index contributed by atoms with van der Waals surface area (Å²) in [6.07, 6.45) is 7.22. The van der Waals surface area contributed by atoms with Crippen molar-refractivity contribution in [1.82, 2.24) is 19.9 Å².